The summed E-state index contributed by atoms with van der Waals surface area (Å²) in [5.74, 6) is 2.58. The minimum atomic E-state index is -0.0173. The van der Waals surface area contributed by atoms with Crippen LogP contribution in [0, 0.1) is 0 Å². The number of benzene rings is 1. The molecule has 0 bridgehead atoms. The Morgan fingerprint density at radius 2 is 2.03 bits per heavy atom. The maximum atomic E-state index is 12.0. The number of likely N-dealkylation sites (N-methyl/N-ethyl adjacent to an activating group) is 1. The molecule has 0 aliphatic carbocycles. The number of anilines is 1. The summed E-state index contributed by atoms with van der Waals surface area (Å²) in [5.41, 5.74) is 0. The third-order valence-corrected chi connectivity index (χ3v) is 5.79. The topological polar surface area (TPSA) is 72.9 Å². The molecule has 0 spiro atoms. The van der Waals surface area contributed by atoms with Crippen molar-refractivity contribution in [3.63, 3.8) is 0 Å². The Bertz CT molecular complexity index is 815. The molecule has 2 aromatic rings. The van der Waals surface area contributed by atoms with Gasteiger partial charge in [0.25, 0.3) is 0 Å². The molecule has 1 fully saturated rings. The second-order valence-electron chi connectivity index (χ2n) is 7.31. The molecule has 8 heteroatoms. The second kappa shape index (κ2) is 11.4. The van der Waals surface area contributed by atoms with E-state index in [4.69, 9.17) is 0 Å². The number of carbonyl (C=O) groups is 1. The minimum absolute atomic E-state index is 0.0173. The van der Waals surface area contributed by atoms with Gasteiger partial charge in [-0.15, -0.1) is 11.8 Å². The predicted octanol–water partition coefficient (Wildman–Crippen LogP) is 2.08. The molecule has 1 amide bonds. The number of pyridine rings is 1. The number of hydrogen-bond donors (Lipinski definition) is 2. The summed E-state index contributed by atoms with van der Waals surface area (Å²) in [6.07, 6.45) is 2.82. The molecule has 3 rings (SSSR count). The van der Waals surface area contributed by atoms with E-state index >= 15 is 0 Å². The molecule has 0 radical (unpaired) electrons. The van der Waals surface area contributed by atoms with Gasteiger partial charge in [-0.25, -0.2) is 9.98 Å². The van der Waals surface area contributed by atoms with Gasteiger partial charge in [0.2, 0.25) is 5.91 Å². The van der Waals surface area contributed by atoms with E-state index in [1.54, 1.807) is 30.8 Å². The fourth-order valence-electron chi connectivity index (χ4n) is 3.12. The minimum Gasteiger partial charge on any atom is -0.356 e. The molecule has 1 aliphatic rings. The molecule has 1 saturated heterocycles. The largest absolute Gasteiger partial charge is 0.356 e. The van der Waals surface area contributed by atoms with Crippen LogP contribution in [0.25, 0.3) is 0 Å². The first-order valence-corrected chi connectivity index (χ1v) is 11.2. The van der Waals surface area contributed by atoms with Gasteiger partial charge < -0.3 is 20.4 Å². The van der Waals surface area contributed by atoms with Crippen LogP contribution in [0.1, 0.15) is 6.42 Å². The average molecular weight is 427 g/mol. The van der Waals surface area contributed by atoms with Crippen molar-refractivity contribution in [1.82, 2.24) is 20.5 Å². The number of hydrogen-bond acceptors (Lipinski definition) is 5. The van der Waals surface area contributed by atoms with Crippen molar-refractivity contribution in [2.45, 2.75) is 17.4 Å². The van der Waals surface area contributed by atoms with Crippen molar-refractivity contribution in [2.75, 3.05) is 50.9 Å². The quantitative estimate of drug-likeness (QED) is 0.291. The molecular weight excluding hydrogens is 396 g/mol. The van der Waals surface area contributed by atoms with E-state index in [9.17, 15) is 4.79 Å². The Kier molecular flexibility index (Phi) is 8.38. The molecule has 1 atom stereocenters. The summed E-state index contributed by atoms with van der Waals surface area (Å²) < 4.78 is 0. The van der Waals surface area contributed by atoms with Gasteiger partial charge in [-0.2, -0.15) is 0 Å². The second-order valence-corrected chi connectivity index (χ2v) is 8.47. The molecule has 1 aromatic carbocycles. The summed E-state index contributed by atoms with van der Waals surface area (Å²) in [7, 11) is 3.49. The van der Waals surface area contributed by atoms with Crippen molar-refractivity contribution in [1.29, 1.82) is 0 Å². The van der Waals surface area contributed by atoms with Crippen molar-refractivity contribution < 1.29 is 4.79 Å². The molecular formula is C22H30N6OS. The molecule has 1 unspecified atom stereocenters. The zero-order chi connectivity index (χ0) is 21.2. The van der Waals surface area contributed by atoms with Crippen molar-refractivity contribution in [3.05, 3.63) is 54.7 Å². The molecule has 160 valence electrons. The number of carbonyl (C=O) groups excluding carboxylic acids is 1. The standard InChI is InChI=1S/C22H30N6OS/c1-27(2)21(29)16-25-22(24-13-15-30-19-8-4-3-5-9-19)26-18-11-14-28(17-18)20-10-6-7-12-23-20/h3-10,12,18H,11,13-17H2,1-2H3,(H2,24,25,26). The highest BCUT2D eigenvalue weighted by molar-refractivity contribution is 7.99. The van der Waals surface area contributed by atoms with Gasteiger partial charge in [0.15, 0.2) is 5.96 Å². The van der Waals surface area contributed by atoms with Crippen LogP contribution >= 0.6 is 11.8 Å². The molecule has 1 aliphatic heterocycles. The van der Waals surface area contributed by atoms with Gasteiger partial charge in [-0.05, 0) is 30.7 Å². The van der Waals surface area contributed by atoms with Crippen LogP contribution in [0.2, 0.25) is 0 Å². The van der Waals surface area contributed by atoms with E-state index < -0.39 is 0 Å². The third-order valence-electron chi connectivity index (χ3n) is 4.78. The Labute approximate surface area is 183 Å². The van der Waals surface area contributed by atoms with Crippen molar-refractivity contribution in [2.24, 2.45) is 4.99 Å². The molecule has 30 heavy (non-hydrogen) atoms. The monoisotopic (exact) mass is 426 g/mol. The highest BCUT2D eigenvalue weighted by Crippen LogP contribution is 2.17. The van der Waals surface area contributed by atoms with Gasteiger partial charge >= 0.3 is 0 Å². The van der Waals surface area contributed by atoms with Crippen LogP contribution in [-0.2, 0) is 4.79 Å². The first kappa shape index (κ1) is 22.0. The smallest absolute Gasteiger partial charge is 0.243 e. The number of aromatic nitrogens is 1. The predicted molar refractivity (Wildman–Crippen MR) is 124 cm³/mol. The van der Waals surface area contributed by atoms with E-state index in [-0.39, 0.29) is 18.5 Å². The first-order chi connectivity index (χ1) is 14.6. The van der Waals surface area contributed by atoms with Crippen LogP contribution in [0.4, 0.5) is 5.82 Å². The zero-order valence-corrected chi connectivity index (χ0v) is 18.4. The molecule has 7 nitrogen and oxygen atoms in total. The van der Waals surface area contributed by atoms with Gasteiger partial charge in [-0.1, -0.05) is 24.3 Å². The maximum Gasteiger partial charge on any atom is 0.243 e. The highest BCUT2D eigenvalue weighted by Gasteiger charge is 2.24. The number of nitrogens with one attached hydrogen (secondary N) is 2. The fourth-order valence-corrected chi connectivity index (χ4v) is 3.91. The van der Waals surface area contributed by atoms with E-state index in [0.29, 0.717) is 5.96 Å². The van der Waals surface area contributed by atoms with Gasteiger partial charge in [0.1, 0.15) is 12.4 Å². The lowest BCUT2D eigenvalue weighted by Crippen LogP contribution is -2.45. The number of aliphatic imine (C=N–C) groups is 1. The lowest BCUT2D eigenvalue weighted by atomic mass is 10.3. The number of rotatable bonds is 8. The fraction of sp³-hybridized carbons (Fsp3) is 0.409. The van der Waals surface area contributed by atoms with E-state index in [0.717, 1.165) is 37.6 Å². The molecule has 2 heterocycles. The summed E-state index contributed by atoms with van der Waals surface area (Å²) in [6.45, 7) is 2.70. The Morgan fingerprint density at radius 1 is 1.23 bits per heavy atom. The lowest BCUT2D eigenvalue weighted by molar-refractivity contribution is -0.127. The summed E-state index contributed by atoms with van der Waals surface area (Å²) >= 11 is 1.80. The van der Waals surface area contributed by atoms with Crippen LogP contribution in [0.5, 0.6) is 0 Å². The first-order valence-electron chi connectivity index (χ1n) is 10.2. The summed E-state index contributed by atoms with van der Waals surface area (Å²) in [4.78, 5) is 26.0. The van der Waals surface area contributed by atoms with Crippen molar-refractivity contribution in [3.8, 4) is 0 Å². The van der Waals surface area contributed by atoms with E-state index in [1.807, 2.05) is 42.6 Å². The molecule has 1 aromatic heterocycles. The average Bonchev–Trinajstić information content (AvgIpc) is 3.24. The van der Waals surface area contributed by atoms with E-state index in [1.165, 1.54) is 4.90 Å². The van der Waals surface area contributed by atoms with Gasteiger partial charge in [0, 0.05) is 56.6 Å². The van der Waals surface area contributed by atoms with E-state index in [2.05, 4.69) is 37.6 Å². The lowest BCUT2D eigenvalue weighted by Gasteiger charge is -2.20. The Hall–Kier alpha value is -2.74. The molecule has 2 N–H and O–H groups in total. The van der Waals surface area contributed by atoms with Crippen molar-refractivity contribution >= 4 is 29.4 Å². The SMILES string of the molecule is CN(C)C(=O)CN=C(NCCSc1ccccc1)NC1CCN(c2ccccn2)C1. The summed E-state index contributed by atoms with van der Waals surface area (Å²) in [5, 5.41) is 6.88. The maximum absolute atomic E-state index is 12.0. The number of nitrogens with zero attached hydrogens (tertiary/aromatic N) is 4. The normalized spacial score (nSPS) is 16.4. The van der Waals surface area contributed by atoms with Crippen LogP contribution in [0.15, 0.2) is 64.6 Å². The van der Waals surface area contributed by atoms with Gasteiger partial charge in [0.05, 0.1) is 0 Å². The number of guanidine groups is 1. The summed E-state index contributed by atoms with van der Waals surface area (Å²) in [6, 6.07) is 16.6. The Morgan fingerprint density at radius 3 is 2.77 bits per heavy atom. The Balaban J connectivity index is 1.53. The van der Waals surface area contributed by atoms with Gasteiger partial charge in [-0.3, -0.25) is 4.79 Å². The zero-order valence-electron chi connectivity index (χ0n) is 17.6. The number of amides is 1. The third kappa shape index (κ3) is 6.95. The van der Waals surface area contributed by atoms with Crippen LogP contribution < -0.4 is 15.5 Å². The highest BCUT2D eigenvalue weighted by atomic mass is 32.2. The molecule has 0 saturated carbocycles. The van der Waals surface area contributed by atoms with Crippen LogP contribution in [0.3, 0.4) is 0 Å². The number of thioether (sulfide) groups is 1. The van der Waals surface area contributed by atoms with Crippen LogP contribution in [-0.4, -0.2) is 73.8 Å².